The maximum atomic E-state index is 11.6. The molecule has 20 heavy (non-hydrogen) atoms. The van der Waals surface area contributed by atoms with Crippen LogP contribution in [0.1, 0.15) is 46.5 Å². The van der Waals surface area contributed by atoms with Crippen LogP contribution in [0.3, 0.4) is 0 Å². The van der Waals surface area contributed by atoms with E-state index in [1.54, 1.807) is 20.8 Å². The maximum absolute atomic E-state index is 11.6. The number of piperidine rings is 1. The minimum atomic E-state index is -0.709. The molecule has 1 aliphatic rings. The lowest BCUT2D eigenvalue weighted by Gasteiger charge is -2.22. The number of rotatable bonds is 4. The number of esters is 1. The molecule has 1 saturated heterocycles. The Bertz CT molecular complexity index is 425. The van der Waals surface area contributed by atoms with Crippen LogP contribution in [0.15, 0.2) is 0 Å². The van der Waals surface area contributed by atoms with Crippen molar-refractivity contribution in [2.45, 2.75) is 58.1 Å². The average molecular weight is 284 g/mol. The van der Waals surface area contributed by atoms with Gasteiger partial charge in [-0.05, 0) is 27.2 Å². The first-order valence-electron chi connectivity index (χ1n) is 6.52. The summed E-state index contributed by atoms with van der Waals surface area (Å²) in [5.41, 5.74) is -0.586. The van der Waals surface area contributed by atoms with Gasteiger partial charge in [-0.1, -0.05) is 0 Å². The maximum Gasteiger partial charge on any atom is 0.306 e. The van der Waals surface area contributed by atoms with Gasteiger partial charge in [-0.25, -0.2) is 0 Å². The summed E-state index contributed by atoms with van der Waals surface area (Å²) in [5, 5.41) is 4.64. The zero-order valence-electron chi connectivity index (χ0n) is 11.9. The van der Waals surface area contributed by atoms with E-state index in [9.17, 15) is 19.2 Å². The van der Waals surface area contributed by atoms with Crippen molar-refractivity contribution in [3.05, 3.63) is 0 Å². The van der Waals surface area contributed by atoms with Gasteiger partial charge in [0.05, 0.1) is 6.42 Å². The van der Waals surface area contributed by atoms with Gasteiger partial charge in [0, 0.05) is 12.8 Å². The zero-order valence-corrected chi connectivity index (χ0v) is 11.9. The molecule has 1 unspecified atom stereocenters. The van der Waals surface area contributed by atoms with Gasteiger partial charge in [-0.3, -0.25) is 24.5 Å². The van der Waals surface area contributed by atoms with E-state index in [2.05, 4.69) is 10.6 Å². The van der Waals surface area contributed by atoms with Crippen LogP contribution < -0.4 is 10.6 Å². The smallest absolute Gasteiger partial charge is 0.306 e. The molecule has 2 N–H and O–H groups in total. The van der Waals surface area contributed by atoms with Gasteiger partial charge < -0.3 is 10.1 Å². The summed E-state index contributed by atoms with van der Waals surface area (Å²) in [4.78, 5) is 45.4. The Labute approximate surface area is 117 Å². The average Bonchev–Trinajstić information content (AvgIpc) is 2.28. The van der Waals surface area contributed by atoms with Crippen molar-refractivity contribution in [3.63, 3.8) is 0 Å². The summed E-state index contributed by atoms with van der Waals surface area (Å²) in [7, 11) is 0. The molecule has 1 heterocycles. The highest BCUT2D eigenvalue weighted by molar-refractivity contribution is 6.01. The Morgan fingerprint density at radius 3 is 2.50 bits per heavy atom. The third kappa shape index (κ3) is 5.81. The van der Waals surface area contributed by atoms with Gasteiger partial charge >= 0.3 is 5.97 Å². The van der Waals surface area contributed by atoms with E-state index >= 15 is 0 Å². The monoisotopic (exact) mass is 284 g/mol. The van der Waals surface area contributed by atoms with E-state index < -0.39 is 29.4 Å². The van der Waals surface area contributed by atoms with Crippen molar-refractivity contribution in [2.24, 2.45) is 0 Å². The lowest BCUT2D eigenvalue weighted by Crippen LogP contribution is -2.52. The molecule has 1 fully saturated rings. The molecule has 7 nitrogen and oxygen atoms in total. The molecule has 0 aromatic rings. The van der Waals surface area contributed by atoms with Crippen molar-refractivity contribution in [1.82, 2.24) is 10.6 Å². The number of hydrogen-bond acceptors (Lipinski definition) is 5. The lowest BCUT2D eigenvalue weighted by molar-refractivity contribution is -0.155. The third-order valence-corrected chi connectivity index (χ3v) is 2.55. The van der Waals surface area contributed by atoms with Gasteiger partial charge in [0.1, 0.15) is 11.6 Å². The van der Waals surface area contributed by atoms with Crippen molar-refractivity contribution in [2.75, 3.05) is 0 Å². The van der Waals surface area contributed by atoms with Crippen LogP contribution in [-0.2, 0) is 23.9 Å². The minimum absolute atomic E-state index is 0.0453. The molecule has 3 amide bonds. The fourth-order valence-electron chi connectivity index (χ4n) is 1.71. The van der Waals surface area contributed by atoms with E-state index in [4.69, 9.17) is 4.74 Å². The van der Waals surface area contributed by atoms with Crippen LogP contribution in [0, 0.1) is 0 Å². The molecule has 0 aliphatic carbocycles. The molecule has 0 aromatic carbocycles. The van der Waals surface area contributed by atoms with Crippen LogP contribution in [0.5, 0.6) is 0 Å². The molecule has 1 atom stereocenters. The summed E-state index contributed by atoms with van der Waals surface area (Å²) in [6, 6.07) is -0.709. The molecule has 0 radical (unpaired) electrons. The standard InChI is InChI=1S/C13H20N2O5/c1-13(2,3)20-11(18)7-6-9(16)14-8-4-5-10(17)15-12(8)19/h8H,4-7H2,1-3H3,(H,14,16)(H,15,17,19). The first-order valence-corrected chi connectivity index (χ1v) is 6.52. The van der Waals surface area contributed by atoms with Gasteiger partial charge in [0.15, 0.2) is 0 Å². The van der Waals surface area contributed by atoms with Crippen molar-refractivity contribution in [1.29, 1.82) is 0 Å². The zero-order chi connectivity index (χ0) is 15.3. The first-order chi connectivity index (χ1) is 9.17. The van der Waals surface area contributed by atoms with Gasteiger partial charge in [-0.2, -0.15) is 0 Å². The predicted octanol–water partition coefficient (Wildman–Crippen LogP) is 0.0297. The summed E-state index contributed by atoms with van der Waals surface area (Å²) >= 11 is 0. The first kappa shape index (κ1) is 16.1. The number of carbonyl (C=O) groups is 4. The Morgan fingerprint density at radius 2 is 1.95 bits per heavy atom. The highest BCUT2D eigenvalue weighted by Gasteiger charge is 2.27. The van der Waals surface area contributed by atoms with Gasteiger partial charge in [0.2, 0.25) is 17.7 Å². The Morgan fingerprint density at radius 1 is 1.30 bits per heavy atom. The number of hydrogen-bond donors (Lipinski definition) is 2. The van der Waals surface area contributed by atoms with Crippen LogP contribution >= 0.6 is 0 Å². The number of ether oxygens (including phenoxy) is 1. The number of carbonyl (C=O) groups excluding carboxylic acids is 4. The fraction of sp³-hybridized carbons (Fsp3) is 0.692. The topological polar surface area (TPSA) is 102 Å². The molecule has 0 aromatic heterocycles. The van der Waals surface area contributed by atoms with Gasteiger partial charge in [0.25, 0.3) is 0 Å². The largest absolute Gasteiger partial charge is 0.460 e. The molecule has 1 rings (SSSR count). The quantitative estimate of drug-likeness (QED) is 0.560. The molecular weight excluding hydrogens is 264 g/mol. The van der Waals surface area contributed by atoms with E-state index in [0.717, 1.165) is 0 Å². The number of imide groups is 1. The normalized spacial score (nSPS) is 19.2. The Kier molecular flexibility index (Phi) is 5.24. The molecule has 0 bridgehead atoms. The lowest BCUT2D eigenvalue weighted by atomic mass is 10.1. The van der Waals surface area contributed by atoms with Crippen molar-refractivity contribution in [3.8, 4) is 0 Å². The Balaban J connectivity index is 2.32. The van der Waals surface area contributed by atoms with Crippen LogP contribution in [-0.4, -0.2) is 35.3 Å². The van der Waals surface area contributed by atoms with Crippen molar-refractivity contribution >= 4 is 23.7 Å². The van der Waals surface area contributed by atoms with Crippen LogP contribution in [0.25, 0.3) is 0 Å². The second-order valence-electron chi connectivity index (χ2n) is 5.66. The van der Waals surface area contributed by atoms with E-state index in [1.165, 1.54) is 0 Å². The highest BCUT2D eigenvalue weighted by atomic mass is 16.6. The SMILES string of the molecule is CC(C)(C)OC(=O)CCC(=O)NC1CCC(=O)NC1=O. The van der Waals surface area contributed by atoms with Crippen molar-refractivity contribution < 1.29 is 23.9 Å². The number of amides is 3. The number of nitrogens with one attached hydrogen (secondary N) is 2. The molecular formula is C13H20N2O5. The van der Waals surface area contributed by atoms with Crippen LogP contribution in [0.4, 0.5) is 0 Å². The van der Waals surface area contributed by atoms with Gasteiger partial charge in [-0.15, -0.1) is 0 Å². The summed E-state index contributed by atoms with van der Waals surface area (Å²) in [6.45, 7) is 5.23. The third-order valence-electron chi connectivity index (χ3n) is 2.55. The summed E-state index contributed by atoms with van der Waals surface area (Å²) in [6.07, 6.45) is 0.384. The molecule has 7 heteroatoms. The fourth-order valence-corrected chi connectivity index (χ4v) is 1.71. The van der Waals surface area contributed by atoms with E-state index in [1.807, 2.05) is 0 Å². The minimum Gasteiger partial charge on any atom is -0.460 e. The molecule has 0 spiro atoms. The second-order valence-corrected chi connectivity index (χ2v) is 5.66. The van der Waals surface area contributed by atoms with E-state index in [-0.39, 0.29) is 31.6 Å². The second kappa shape index (κ2) is 6.49. The summed E-state index contributed by atoms with van der Waals surface area (Å²) < 4.78 is 5.07. The molecule has 1 aliphatic heterocycles. The molecule has 112 valence electrons. The summed E-state index contributed by atoms with van der Waals surface area (Å²) in [5.74, 6) is -1.72. The Hall–Kier alpha value is -1.92. The van der Waals surface area contributed by atoms with Crippen LogP contribution in [0.2, 0.25) is 0 Å². The molecule has 0 saturated carbocycles. The van der Waals surface area contributed by atoms with E-state index in [0.29, 0.717) is 0 Å². The highest BCUT2D eigenvalue weighted by Crippen LogP contribution is 2.09. The predicted molar refractivity (Wildman–Crippen MR) is 69.4 cm³/mol.